The van der Waals surface area contributed by atoms with E-state index < -0.39 is 5.41 Å². The summed E-state index contributed by atoms with van der Waals surface area (Å²) in [7, 11) is 0. The lowest BCUT2D eigenvalue weighted by Gasteiger charge is -2.33. The van der Waals surface area contributed by atoms with E-state index in [4.69, 9.17) is 0 Å². The summed E-state index contributed by atoms with van der Waals surface area (Å²) < 4.78 is 2.44. The van der Waals surface area contributed by atoms with Gasteiger partial charge in [-0.15, -0.1) is 0 Å². The van der Waals surface area contributed by atoms with Gasteiger partial charge in [0.05, 0.1) is 27.8 Å². The molecular formula is C65H43N3. The van der Waals surface area contributed by atoms with Crippen molar-refractivity contribution in [3.05, 3.63) is 283 Å². The molecule has 68 heavy (non-hydrogen) atoms. The van der Waals surface area contributed by atoms with Crippen LogP contribution in [0.2, 0.25) is 0 Å². The van der Waals surface area contributed by atoms with Gasteiger partial charge in [-0.25, -0.2) is 0 Å². The normalized spacial score (nSPS) is 14.2. The molecule has 0 amide bonds. The minimum absolute atomic E-state index is 0.578. The maximum atomic E-state index is 2.52. The number of nitrogens with zero attached hydrogens (tertiary/aromatic N) is 3. The Bertz CT molecular complexity index is 3870. The van der Waals surface area contributed by atoms with Gasteiger partial charge in [0.1, 0.15) is 0 Å². The van der Waals surface area contributed by atoms with E-state index in [1.54, 1.807) is 0 Å². The van der Waals surface area contributed by atoms with Crippen LogP contribution < -0.4 is 9.80 Å². The first-order chi connectivity index (χ1) is 33.8. The second-order valence-electron chi connectivity index (χ2n) is 18.0. The van der Waals surface area contributed by atoms with Crippen molar-refractivity contribution < 1.29 is 0 Å². The van der Waals surface area contributed by atoms with Crippen LogP contribution in [0.25, 0.3) is 60.5 Å². The summed E-state index contributed by atoms with van der Waals surface area (Å²) in [5.41, 5.74) is 19.9. The minimum atomic E-state index is -0.578. The largest absolute Gasteiger partial charge is 0.310 e. The zero-order valence-electron chi connectivity index (χ0n) is 37.2. The highest BCUT2D eigenvalue weighted by atomic mass is 15.2. The fraction of sp³-hybridized carbons (Fsp3) is 0.0154. The number of hydrogen-bond donors (Lipinski definition) is 0. The second kappa shape index (κ2) is 15.1. The third kappa shape index (κ3) is 5.41. The first-order valence-electron chi connectivity index (χ1n) is 23.5. The Labute approximate surface area is 395 Å². The van der Waals surface area contributed by atoms with Crippen molar-refractivity contribution in [2.45, 2.75) is 5.41 Å². The molecule has 0 bridgehead atoms. The molecule has 1 aromatic heterocycles. The van der Waals surface area contributed by atoms with Crippen molar-refractivity contribution >= 4 is 66.7 Å². The van der Waals surface area contributed by atoms with E-state index in [2.05, 4.69) is 275 Å². The molecule has 11 aromatic carbocycles. The maximum absolute atomic E-state index is 2.52. The number of fused-ring (bicyclic) bond motifs is 15. The molecule has 1 atom stereocenters. The van der Waals surface area contributed by atoms with E-state index in [1.165, 1.54) is 77.1 Å². The molecule has 0 aliphatic heterocycles. The molecule has 318 valence electrons. The van der Waals surface area contributed by atoms with Crippen LogP contribution in [0.4, 0.5) is 34.1 Å². The van der Waals surface area contributed by atoms with Crippen LogP contribution in [0.5, 0.6) is 0 Å². The minimum Gasteiger partial charge on any atom is -0.310 e. The molecule has 0 fully saturated rings. The van der Waals surface area contributed by atoms with Gasteiger partial charge >= 0.3 is 0 Å². The molecule has 1 unspecified atom stereocenters. The van der Waals surface area contributed by atoms with Gasteiger partial charge in [0.25, 0.3) is 0 Å². The van der Waals surface area contributed by atoms with Crippen molar-refractivity contribution in [3.63, 3.8) is 0 Å². The topological polar surface area (TPSA) is 11.4 Å². The van der Waals surface area contributed by atoms with Gasteiger partial charge in [0, 0.05) is 44.6 Å². The SMILES string of the molecule is c1ccc(N(c2ccccc2)c2cc3c(c4ccccc24)-c2ccccc2C32c3ccccc3-c3cc(N(c4ccccc4)c4cccc5c6ccccc6n(-c6ccccc6)c45)ccc32)cc1. The molecule has 0 N–H and O–H groups in total. The van der Waals surface area contributed by atoms with E-state index in [0.717, 1.165) is 39.8 Å². The number of anilines is 6. The molecular weight excluding hydrogens is 823 g/mol. The second-order valence-corrected chi connectivity index (χ2v) is 18.0. The molecule has 2 aliphatic rings. The van der Waals surface area contributed by atoms with Crippen LogP contribution >= 0.6 is 0 Å². The Morgan fingerprint density at radius 2 is 0.794 bits per heavy atom. The van der Waals surface area contributed by atoms with Gasteiger partial charge in [-0.3, -0.25) is 0 Å². The third-order valence-electron chi connectivity index (χ3n) is 14.5. The molecule has 2 aliphatic carbocycles. The number of para-hydroxylation sites is 6. The Kier molecular flexibility index (Phi) is 8.50. The highest BCUT2D eigenvalue weighted by molar-refractivity contribution is 6.15. The smallest absolute Gasteiger partial charge is 0.0782 e. The van der Waals surface area contributed by atoms with Gasteiger partial charge in [0.2, 0.25) is 0 Å². The zero-order chi connectivity index (χ0) is 44.8. The lowest BCUT2D eigenvalue weighted by molar-refractivity contribution is 0.794. The molecule has 3 nitrogen and oxygen atoms in total. The Balaban J connectivity index is 1.05. The van der Waals surface area contributed by atoms with E-state index in [0.29, 0.717) is 0 Å². The van der Waals surface area contributed by atoms with Gasteiger partial charge in [0.15, 0.2) is 0 Å². The van der Waals surface area contributed by atoms with Crippen molar-refractivity contribution in [3.8, 4) is 27.9 Å². The maximum Gasteiger partial charge on any atom is 0.0782 e. The Morgan fingerprint density at radius 1 is 0.294 bits per heavy atom. The summed E-state index contributed by atoms with van der Waals surface area (Å²) in [6.45, 7) is 0. The van der Waals surface area contributed by atoms with Gasteiger partial charge in [-0.1, -0.05) is 182 Å². The number of hydrogen-bond acceptors (Lipinski definition) is 2. The fourth-order valence-corrected chi connectivity index (χ4v) is 11.9. The van der Waals surface area contributed by atoms with Crippen molar-refractivity contribution in [1.29, 1.82) is 0 Å². The lowest BCUT2D eigenvalue weighted by Crippen LogP contribution is -2.26. The van der Waals surface area contributed by atoms with E-state index in [9.17, 15) is 0 Å². The predicted molar refractivity (Wildman–Crippen MR) is 284 cm³/mol. The van der Waals surface area contributed by atoms with E-state index >= 15 is 0 Å². The molecule has 1 heterocycles. The van der Waals surface area contributed by atoms with Crippen molar-refractivity contribution in [2.24, 2.45) is 0 Å². The standard InChI is InChI=1S/C65H43N3/c1-5-22-44(23-6-1)66(45-24-7-2-8-25-45)62-43-59-63(52-33-14-13-31-50(52)62)54-34-16-19-37-57(54)65(59)56-36-18-15-30-49(56)55-42-48(40-41-58(55)65)67(46-26-9-3-10-27-46)61-39-21-35-53-51-32-17-20-38-60(51)68(64(53)61)47-28-11-4-12-29-47/h1-43H. The lowest BCUT2D eigenvalue weighted by atomic mass is 9.70. The summed E-state index contributed by atoms with van der Waals surface area (Å²) in [5, 5.41) is 4.92. The molecule has 14 rings (SSSR count). The van der Waals surface area contributed by atoms with Gasteiger partial charge < -0.3 is 14.4 Å². The average Bonchev–Trinajstić information content (AvgIpc) is 4.02. The fourth-order valence-electron chi connectivity index (χ4n) is 11.9. The number of rotatable bonds is 7. The molecule has 1 spiro atoms. The van der Waals surface area contributed by atoms with Gasteiger partial charge in [-0.2, -0.15) is 0 Å². The van der Waals surface area contributed by atoms with E-state index in [1.807, 2.05) is 0 Å². The van der Waals surface area contributed by atoms with Crippen LogP contribution in [-0.4, -0.2) is 4.57 Å². The van der Waals surface area contributed by atoms with Crippen LogP contribution in [-0.2, 0) is 5.41 Å². The van der Waals surface area contributed by atoms with Crippen molar-refractivity contribution in [2.75, 3.05) is 9.80 Å². The molecule has 3 heteroatoms. The first-order valence-corrected chi connectivity index (χ1v) is 23.5. The number of benzene rings is 11. The summed E-state index contributed by atoms with van der Waals surface area (Å²) in [4.78, 5) is 4.91. The third-order valence-corrected chi connectivity index (χ3v) is 14.5. The molecule has 12 aromatic rings. The molecule has 0 saturated heterocycles. The van der Waals surface area contributed by atoms with Crippen LogP contribution in [0, 0.1) is 0 Å². The highest BCUT2D eigenvalue weighted by Gasteiger charge is 2.52. The predicted octanol–water partition coefficient (Wildman–Crippen LogP) is 17.2. The number of aromatic nitrogens is 1. The summed E-state index contributed by atoms with van der Waals surface area (Å²) >= 11 is 0. The Hall–Kier alpha value is -8.92. The summed E-state index contributed by atoms with van der Waals surface area (Å²) in [6.07, 6.45) is 0. The average molecular weight is 866 g/mol. The first kappa shape index (κ1) is 38.4. The molecule has 0 radical (unpaired) electrons. The van der Waals surface area contributed by atoms with Crippen molar-refractivity contribution in [1.82, 2.24) is 4.57 Å². The zero-order valence-corrected chi connectivity index (χ0v) is 37.2. The Morgan fingerprint density at radius 3 is 1.47 bits per heavy atom. The van der Waals surface area contributed by atoms with Crippen LogP contribution in [0.15, 0.2) is 261 Å². The summed E-state index contributed by atoms with van der Waals surface area (Å²) in [5.74, 6) is 0. The van der Waals surface area contributed by atoms with E-state index in [-0.39, 0.29) is 0 Å². The van der Waals surface area contributed by atoms with Gasteiger partial charge in [-0.05, 0) is 129 Å². The quantitative estimate of drug-likeness (QED) is 0.158. The summed E-state index contributed by atoms with van der Waals surface area (Å²) in [6, 6.07) is 96.0. The van der Waals surface area contributed by atoms with Crippen LogP contribution in [0.1, 0.15) is 22.3 Å². The monoisotopic (exact) mass is 865 g/mol. The van der Waals surface area contributed by atoms with Crippen LogP contribution in [0.3, 0.4) is 0 Å². The highest BCUT2D eigenvalue weighted by Crippen LogP contribution is 2.65. The molecule has 0 saturated carbocycles.